The van der Waals surface area contributed by atoms with E-state index in [0.29, 0.717) is 6.04 Å². The first-order chi connectivity index (χ1) is 11.0. The van der Waals surface area contributed by atoms with Crippen molar-refractivity contribution in [3.05, 3.63) is 0 Å². The van der Waals surface area contributed by atoms with Crippen LogP contribution in [0.25, 0.3) is 0 Å². The van der Waals surface area contributed by atoms with E-state index in [1.165, 1.54) is 6.42 Å². The second-order valence-electron chi connectivity index (χ2n) is 7.51. The van der Waals surface area contributed by atoms with Gasteiger partial charge in [-0.15, -0.1) is 0 Å². The van der Waals surface area contributed by atoms with E-state index in [0.717, 1.165) is 64.7 Å². The standard InChI is InChI=1S/C17H30N4O2/c1-13(22)19-14-4-3-9-20(12-14)10-11-21-15-5-2-7-17(21,8-6-15)16(18)23/h14-15H,2-12H2,1H3,(H2,18,23)(H,19,22)/t14?,15-,17+/m1/s1. The lowest BCUT2D eigenvalue weighted by molar-refractivity contribution is -0.131. The molecular formula is C17H30N4O2. The number of carbonyl (C=O) groups excluding carboxylic acids is 2. The summed E-state index contributed by atoms with van der Waals surface area (Å²) in [5, 5.41) is 3.04. The van der Waals surface area contributed by atoms with Crippen LogP contribution < -0.4 is 11.1 Å². The number of nitrogens with two attached hydrogens (primary N) is 1. The third-order valence-electron chi connectivity index (χ3n) is 6.04. The summed E-state index contributed by atoms with van der Waals surface area (Å²) in [4.78, 5) is 28.2. The highest BCUT2D eigenvalue weighted by Crippen LogP contribution is 2.43. The van der Waals surface area contributed by atoms with Gasteiger partial charge in [0.1, 0.15) is 5.54 Å². The molecule has 3 heterocycles. The molecule has 2 bridgehead atoms. The number of hydrogen-bond acceptors (Lipinski definition) is 4. The minimum absolute atomic E-state index is 0.0543. The molecule has 0 saturated carbocycles. The molecule has 3 aliphatic rings. The second kappa shape index (κ2) is 6.77. The van der Waals surface area contributed by atoms with Crippen LogP contribution in [0.5, 0.6) is 0 Å². The molecule has 23 heavy (non-hydrogen) atoms. The summed E-state index contributed by atoms with van der Waals surface area (Å²) in [7, 11) is 0. The van der Waals surface area contributed by atoms with Crippen molar-refractivity contribution in [3.8, 4) is 0 Å². The average Bonchev–Trinajstić information content (AvgIpc) is 2.70. The molecule has 130 valence electrons. The van der Waals surface area contributed by atoms with Gasteiger partial charge in [-0.25, -0.2) is 0 Å². The van der Waals surface area contributed by atoms with E-state index in [-0.39, 0.29) is 23.4 Å². The van der Waals surface area contributed by atoms with Crippen LogP contribution in [-0.4, -0.2) is 65.4 Å². The summed E-state index contributed by atoms with van der Waals surface area (Å²) in [6.07, 6.45) is 7.47. The first-order valence-corrected chi connectivity index (χ1v) is 9.07. The van der Waals surface area contributed by atoms with Gasteiger partial charge in [0.2, 0.25) is 11.8 Å². The number of nitrogens with zero attached hydrogens (tertiary/aromatic N) is 2. The molecule has 3 fully saturated rings. The molecule has 3 rings (SSSR count). The molecule has 0 aromatic carbocycles. The van der Waals surface area contributed by atoms with Crippen LogP contribution in [0.1, 0.15) is 51.9 Å². The largest absolute Gasteiger partial charge is 0.368 e. The van der Waals surface area contributed by atoms with Gasteiger partial charge < -0.3 is 16.0 Å². The Balaban J connectivity index is 1.57. The Morgan fingerprint density at radius 1 is 1.17 bits per heavy atom. The third-order valence-corrected chi connectivity index (χ3v) is 6.04. The van der Waals surface area contributed by atoms with Gasteiger partial charge in [-0.05, 0) is 51.5 Å². The van der Waals surface area contributed by atoms with Crippen molar-refractivity contribution >= 4 is 11.8 Å². The molecule has 2 amide bonds. The smallest absolute Gasteiger partial charge is 0.237 e. The van der Waals surface area contributed by atoms with Crippen LogP contribution in [0.15, 0.2) is 0 Å². The number of primary amides is 1. The van der Waals surface area contributed by atoms with Gasteiger partial charge in [0.25, 0.3) is 0 Å². The lowest BCUT2D eigenvalue weighted by atomic mass is 9.87. The van der Waals surface area contributed by atoms with Crippen molar-refractivity contribution in [1.29, 1.82) is 0 Å². The summed E-state index contributed by atoms with van der Waals surface area (Å²) < 4.78 is 0. The molecule has 0 aliphatic carbocycles. The zero-order valence-corrected chi connectivity index (χ0v) is 14.2. The molecule has 0 aromatic rings. The van der Waals surface area contributed by atoms with E-state index in [9.17, 15) is 9.59 Å². The maximum absolute atomic E-state index is 12.1. The van der Waals surface area contributed by atoms with Crippen molar-refractivity contribution < 1.29 is 9.59 Å². The number of amides is 2. The zero-order valence-electron chi connectivity index (χ0n) is 14.2. The lowest BCUT2D eigenvalue weighted by Crippen LogP contribution is -2.59. The molecule has 6 heteroatoms. The van der Waals surface area contributed by atoms with Crippen molar-refractivity contribution in [2.24, 2.45) is 5.73 Å². The van der Waals surface area contributed by atoms with Crippen LogP contribution in [0.2, 0.25) is 0 Å². The first-order valence-electron chi connectivity index (χ1n) is 9.07. The van der Waals surface area contributed by atoms with E-state index in [1.54, 1.807) is 6.92 Å². The summed E-state index contributed by atoms with van der Waals surface area (Å²) in [5.41, 5.74) is 5.39. The van der Waals surface area contributed by atoms with E-state index in [4.69, 9.17) is 5.73 Å². The summed E-state index contributed by atoms with van der Waals surface area (Å²) >= 11 is 0. The van der Waals surface area contributed by atoms with Crippen LogP contribution in [0, 0.1) is 0 Å². The normalized spacial score (nSPS) is 35.2. The molecule has 6 nitrogen and oxygen atoms in total. The van der Waals surface area contributed by atoms with Crippen molar-refractivity contribution in [2.45, 2.75) is 69.5 Å². The van der Waals surface area contributed by atoms with Gasteiger partial charge in [-0.1, -0.05) is 0 Å². The molecule has 3 saturated heterocycles. The Hall–Kier alpha value is -1.14. The molecule has 3 aliphatic heterocycles. The highest BCUT2D eigenvalue weighted by molar-refractivity contribution is 5.85. The molecule has 0 aromatic heterocycles. The topological polar surface area (TPSA) is 78.7 Å². The van der Waals surface area contributed by atoms with Crippen LogP contribution in [-0.2, 0) is 9.59 Å². The van der Waals surface area contributed by atoms with E-state index in [2.05, 4.69) is 15.1 Å². The van der Waals surface area contributed by atoms with Gasteiger partial charge in [0.15, 0.2) is 0 Å². The lowest BCUT2D eigenvalue weighted by Gasteiger charge is -2.44. The Labute approximate surface area is 138 Å². The fraction of sp³-hybridized carbons (Fsp3) is 0.882. The molecule has 3 atom stereocenters. The Kier molecular flexibility index (Phi) is 4.92. The van der Waals surface area contributed by atoms with Gasteiger partial charge >= 0.3 is 0 Å². The van der Waals surface area contributed by atoms with Gasteiger partial charge in [-0.3, -0.25) is 14.5 Å². The average molecular weight is 322 g/mol. The third kappa shape index (κ3) is 3.38. The summed E-state index contributed by atoms with van der Waals surface area (Å²) in [6, 6.07) is 0.802. The molecule has 3 N–H and O–H groups in total. The van der Waals surface area contributed by atoms with Gasteiger partial charge in [0, 0.05) is 38.6 Å². The first kappa shape index (κ1) is 16.7. The summed E-state index contributed by atoms with van der Waals surface area (Å²) in [6.45, 7) is 5.46. The number of piperidine rings is 2. The van der Waals surface area contributed by atoms with Crippen molar-refractivity contribution in [2.75, 3.05) is 26.2 Å². The number of likely N-dealkylation sites (tertiary alicyclic amines) is 1. The number of carbonyl (C=O) groups is 2. The van der Waals surface area contributed by atoms with Crippen molar-refractivity contribution in [3.63, 3.8) is 0 Å². The van der Waals surface area contributed by atoms with E-state index < -0.39 is 0 Å². The second-order valence-corrected chi connectivity index (χ2v) is 7.51. The molecule has 0 spiro atoms. The minimum Gasteiger partial charge on any atom is -0.368 e. The molecule has 0 radical (unpaired) electrons. The maximum atomic E-state index is 12.1. The zero-order chi connectivity index (χ0) is 16.4. The van der Waals surface area contributed by atoms with Crippen LogP contribution in [0.3, 0.4) is 0 Å². The van der Waals surface area contributed by atoms with Gasteiger partial charge in [0.05, 0.1) is 0 Å². The molecule has 1 unspecified atom stereocenters. The number of fused-ring (bicyclic) bond motifs is 2. The minimum atomic E-state index is -0.379. The van der Waals surface area contributed by atoms with E-state index in [1.807, 2.05) is 0 Å². The molecular weight excluding hydrogens is 292 g/mol. The Morgan fingerprint density at radius 3 is 2.74 bits per heavy atom. The number of nitrogens with one attached hydrogen (secondary N) is 1. The predicted octanol–water partition coefficient (Wildman–Crippen LogP) is 0.459. The maximum Gasteiger partial charge on any atom is 0.237 e. The van der Waals surface area contributed by atoms with E-state index >= 15 is 0 Å². The number of hydrogen-bond donors (Lipinski definition) is 2. The fourth-order valence-corrected chi connectivity index (χ4v) is 4.95. The van der Waals surface area contributed by atoms with Gasteiger partial charge in [-0.2, -0.15) is 0 Å². The van der Waals surface area contributed by atoms with Crippen LogP contribution >= 0.6 is 0 Å². The highest BCUT2D eigenvalue weighted by atomic mass is 16.2. The van der Waals surface area contributed by atoms with Crippen molar-refractivity contribution in [1.82, 2.24) is 15.1 Å². The Bertz CT molecular complexity index is 466. The monoisotopic (exact) mass is 322 g/mol. The highest BCUT2D eigenvalue weighted by Gasteiger charge is 2.52. The fourth-order valence-electron chi connectivity index (χ4n) is 4.95. The SMILES string of the molecule is CC(=O)NC1CCCN(CCN2[C@@H]3CCC[C@@]2(C(N)=O)CC3)C1. The number of rotatable bonds is 5. The Morgan fingerprint density at radius 2 is 2.00 bits per heavy atom. The summed E-state index contributed by atoms with van der Waals surface area (Å²) in [5.74, 6) is -0.0759. The quantitative estimate of drug-likeness (QED) is 0.771. The van der Waals surface area contributed by atoms with Crippen LogP contribution in [0.4, 0.5) is 0 Å². The predicted molar refractivity (Wildman–Crippen MR) is 88.8 cm³/mol.